The molecule has 0 radical (unpaired) electrons. The van der Waals surface area contributed by atoms with Gasteiger partial charge in [0.2, 0.25) is 0 Å². The van der Waals surface area contributed by atoms with Crippen LogP contribution in [0.1, 0.15) is 33.0 Å². The van der Waals surface area contributed by atoms with E-state index in [1.165, 1.54) is 5.52 Å². The van der Waals surface area contributed by atoms with E-state index in [-0.39, 0.29) is 0 Å². The smallest absolute Gasteiger partial charge is 0.126 e. The number of nitrogens with zero attached hydrogens (tertiary/aromatic N) is 2. The van der Waals surface area contributed by atoms with Crippen molar-refractivity contribution in [1.29, 1.82) is 0 Å². The number of benzene rings is 1. The maximum atomic E-state index is 5.42. The minimum atomic E-state index is 0.530. The van der Waals surface area contributed by atoms with Crippen molar-refractivity contribution in [3.05, 3.63) is 30.1 Å². The lowest BCUT2D eigenvalue weighted by Crippen LogP contribution is -2.20. The molecular weight excluding hydrogens is 238 g/mol. The molecule has 19 heavy (non-hydrogen) atoms. The fourth-order valence-corrected chi connectivity index (χ4v) is 2.07. The van der Waals surface area contributed by atoms with Crippen LogP contribution >= 0.6 is 0 Å². The van der Waals surface area contributed by atoms with E-state index in [4.69, 9.17) is 4.84 Å². The summed E-state index contributed by atoms with van der Waals surface area (Å²) in [7, 11) is 0. The van der Waals surface area contributed by atoms with E-state index in [1.54, 1.807) is 0 Å². The molecule has 2 aromatic rings. The summed E-state index contributed by atoms with van der Waals surface area (Å²) < 4.78 is 2.26. The molecule has 0 spiro atoms. The first-order valence-electron chi connectivity index (χ1n) is 7.01. The third-order valence-corrected chi connectivity index (χ3v) is 2.93. The highest BCUT2D eigenvalue weighted by Crippen LogP contribution is 2.16. The second-order valence-electron chi connectivity index (χ2n) is 5.19. The maximum absolute atomic E-state index is 5.42. The molecule has 1 heterocycles. The Labute approximate surface area is 114 Å². The van der Waals surface area contributed by atoms with Gasteiger partial charge in [0.05, 0.1) is 24.2 Å². The molecule has 0 saturated heterocycles. The summed E-state index contributed by atoms with van der Waals surface area (Å²) in [5, 5.41) is 0. The van der Waals surface area contributed by atoms with E-state index in [1.807, 2.05) is 6.07 Å². The van der Waals surface area contributed by atoms with Gasteiger partial charge in [0.1, 0.15) is 5.82 Å². The molecule has 0 aliphatic heterocycles. The van der Waals surface area contributed by atoms with E-state index >= 15 is 0 Å². The standard InChI is InChI=1S/C15H23N3O/c1-4-9-18-14-8-6-5-7-13(14)17-15(18)10-16-19-11-12(2)3/h5-8,12,16H,4,9-11H2,1-3H3. The first-order chi connectivity index (χ1) is 9.22. The number of aromatic nitrogens is 2. The first-order valence-corrected chi connectivity index (χ1v) is 7.01. The lowest BCUT2D eigenvalue weighted by molar-refractivity contribution is 0.0179. The SMILES string of the molecule is CCCn1c(CNOCC(C)C)nc2ccccc21. The molecule has 1 N–H and O–H groups in total. The molecule has 0 amide bonds. The Bertz CT molecular complexity index is 519. The number of imidazole rings is 1. The Morgan fingerprint density at radius 2 is 2.11 bits per heavy atom. The Morgan fingerprint density at radius 3 is 2.84 bits per heavy atom. The van der Waals surface area contributed by atoms with Gasteiger partial charge in [-0.05, 0) is 24.5 Å². The summed E-state index contributed by atoms with van der Waals surface area (Å²) in [6, 6.07) is 8.26. The molecule has 0 saturated carbocycles. The van der Waals surface area contributed by atoms with Gasteiger partial charge in [0.25, 0.3) is 0 Å². The minimum Gasteiger partial charge on any atom is -0.327 e. The number of aryl methyl sites for hydroxylation is 1. The lowest BCUT2D eigenvalue weighted by atomic mass is 10.2. The largest absolute Gasteiger partial charge is 0.327 e. The van der Waals surface area contributed by atoms with Crippen molar-refractivity contribution < 1.29 is 4.84 Å². The molecule has 0 aliphatic rings. The van der Waals surface area contributed by atoms with Crippen LogP contribution < -0.4 is 5.48 Å². The molecule has 4 nitrogen and oxygen atoms in total. The zero-order valence-corrected chi connectivity index (χ0v) is 12.0. The van der Waals surface area contributed by atoms with Crippen molar-refractivity contribution in [2.45, 2.75) is 40.3 Å². The number of nitrogens with one attached hydrogen (secondary N) is 1. The summed E-state index contributed by atoms with van der Waals surface area (Å²) in [4.78, 5) is 10.1. The van der Waals surface area contributed by atoms with E-state index in [9.17, 15) is 0 Å². The second kappa shape index (κ2) is 6.68. The van der Waals surface area contributed by atoms with Gasteiger partial charge in [-0.25, -0.2) is 4.98 Å². The summed E-state index contributed by atoms with van der Waals surface area (Å²) >= 11 is 0. The second-order valence-corrected chi connectivity index (χ2v) is 5.19. The van der Waals surface area contributed by atoms with Gasteiger partial charge in [-0.15, -0.1) is 0 Å². The van der Waals surface area contributed by atoms with Crippen LogP contribution in [0.4, 0.5) is 0 Å². The summed E-state index contributed by atoms with van der Waals surface area (Å²) in [6.07, 6.45) is 1.10. The van der Waals surface area contributed by atoms with E-state index in [0.29, 0.717) is 19.1 Å². The van der Waals surface area contributed by atoms with E-state index in [0.717, 1.165) is 24.3 Å². The highest BCUT2D eigenvalue weighted by atomic mass is 16.6. The lowest BCUT2D eigenvalue weighted by Gasteiger charge is -2.10. The first kappa shape index (κ1) is 14.0. The Hall–Kier alpha value is -1.39. The molecule has 0 unspecified atom stereocenters. The van der Waals surface area contributed by atoms with E-state index < -0.39 is 0 Å². The fraction of sp³-hybridized carbons (Fsp3) is 0.533. The van der Waals surface area contributed by atoms with Crippen LogP contribution in [0.5, 0.6) is 0 Å². The Balaban J connectivity index is 2.10. The number of hydroxylamine groups is 1. The molecule has 0 aliphatic carbocycles. The number of fused-ring (bicyclic) bond motifs is 1. The average molecular weight is 261 g/mol. The summed E-state index contributed by atoms with van der Waals surface area (Å²) in [5.41, 5.74) is 5.26. The summed E-state index contributed by atoms with van der Waals surface area (Å²) in [5.74, 6) is 1.56. The average Bonchev–Trinajstić information content (AvgIpc) is 2.74. The highest BCUT2D eigenvalue weighted by molar-refractivity contribution is 5.75. The normalized spacial score (nSPS) is 11.6. The maximum Gasteiger partial charge on any atom is 0.126 e. The predicted octanol–water partition coefficient (Wildman–Crippen LogP) is 3.12. The topological polar surface area (TPSA) is 39.1 Å². The molecule has 1 aromatic heterocycles. The quantitative estimate of drug-likeness (QED) is 0.615. The van der Waals surface area contributed by atoms with Crippen molar-refractivity contribution in [1.82, 2.24) is 15.0 Å². The number of para-hydroxylation sites is 2. The van der Waals surface area contributed by atoms with Crippen LogP contribution in [0.25, 0.3) is 11.0 Å². The number of hydrogen-bond donors (Lipinski definition) is 1. The monoisotopic (exact) mass is 261 g/mol. The Morgan fingerprint density at radius 1 is 1.32 bits per heavy atom. The molecule has 0 bridgehead atoms. The highest BCUT2D eigenvalue weighted by Gasteiger charge is 2.09. The van der Waals surface area contributed by atoms with Gasteiger partial charge in [-0.1, -0.05) is 32.9 Å². The molecule has 104 valence electrons. The van der Waals surface area contributed by atoms with Crippen molar-refractivity contribution >= 4 is 11.0 Å². The predicted molar refractivity (Wildman–Crippen MR) is 77.7 cm³/mol. The molecule has 4 heteroatoms. The van der Waals surface area contributed by atoms with Crippen molar-refractivity contribution in [2.75, 3.05) is 6.61 Å². The number of rotatable bonds is 7. The number of hydrogen-bond acceptors (Lipinski definition) is 3. The van der Waals surface area contributed by atoms with Gasteiger partial charge >= 0.3 is 0 Å². The van der Waals surface area contributed by atoms with Crippen LogP contribution in [0.2, 0.25) is 0 Å². The van der Waals surface area contributed by atoms with Gasteiger partial charge in [-0.2, -0.15) is 5.48 Å². The van der Waals surface area contributed by atoms with Crippen LogP contribution in [0, 0.1) is 5.92 Å². The molecule has 0 atom stereocenters. The molecule has 2 rings (SSSR count). The Kier molecular flexibility index (Phi) is 4.93. The van der Waals surface area contributed by atoms with E-state index in [2.05, 4.69) is 54.0 Å². The third kappa shape index (κ3) is 3.55. The van der Waals surface area contributed by atoms with Crippen LogP contribution in [0.3, 0.4) is 0 Å². The van der Waals surface area contributed by atoms with Gasteiger partial charge in [-0.3, -0.25) is 0 Å². The summed E-state index contributed by atoms with van der Waals surface area (Å²) in [6.45, 7) is 8.79. The van der Waals surface area contributed by atoms with Crippen LogP contribution in [-0.4, -0.2) is 16.2 Å². The molecule has 0 fully saturated rings. The van der Waals surface area contributed by atoms with Crippen LogP contribution in [-0.2, 0) is 17.9 Å². The van der Waals surface area contributed by atoms with Crippen molar-refractivity contribution in [2.24, 2.45) is 5.92 Å². The van der Waals surface area contributed by atoms with Crippen LogP contribution in [0.15, 0.2) is 24.3 Å². The van der Waals surface area contributed by atoms with Gasteiger partial charge in [0.15, 0.2) is 0 Å². The van der Waals surface area contributed by atoms with Crippen molar-refractivity contribution in [3.8, 4) is 0 Å². The third-order valence-electron chi connectivity index (χ3n) is 2.93. The zero-order chi connectivity index (χ0) is 13.7. The molecule has 1 aromatic carbocycles. The minimum absolute atomic E-state index is 0.530. The van der Waals surface area contributed by atoms with Crippen molar-refractivity contribution in [3.63, 3.8) is 0 Å². The fourth-order valence-electron chi connectivity index (χ4n) is 2.07. The molecular formula is C15H23N3O. The van der Waals surface area contributed by atoms with Gasteiger partial charge in [0, 0.05) is 6.54 Å². The zero-order valence-electron chi connectivity index (χ0n) is 12.0. The van der Waals surface area contributed by atoms with Gasteiger partial charge < -0.3 is 9.40 Å².